The molecule has 0 amide bonds. The molecule has 0 heterocycles. The van der Waals surface area contributed by atoms with Gasteiger partial charge in [-0.05, 0) is 147 Å². The van der Waals surface area contributed by atoms with E-state index in [4.69, 9.17) is 0 Å². The number of benzene rings is 12. The second-order valence-corrected chi connectivity index (χ2v) is 17.9. The van der Waals surface area contributed by atoms with Gasteiger partial charge in [0.2, 0.25) is 0 Å². The van der Waals surface area contributed by atoms with Crippen LogP contribution >= 0.6 is 0 Å². The molecule has 66 heavy (non-hydrogen) atoms. The summed E-state index contributed by atoms with van der Waals surface area (Å²) in [7, 11) is 0. The Morgan fingerprint density at radius 1 is 0.242 bits per heavy atom. The molecule has 0 fully saturated rings. The molecule has 306 valence electrons. The van der Waals surface area contributed by atoms with Crippen molar-refractivity contribution in [3.63, 3.8) is 0 Å². The predicted octanol–water partition coefficient (Wildman–Crippen LogP) is 17.4. The van der Waals surface area contributed by atoms with Gasteiger partial charge < -0.3 is 4.90 Å². The van der Waals surface area contributed by atoms with Crippen LogP contribution in [0.1, 0.15) is 22.3 Å². The molecule has 0 bridgehead atoms. The predicted molar refractivity (Wildman–Crippen MR) is 278 cm³/mol. The monoisotopic (exact) mass is 835 g/mol. The molecule has 0 unspecified atom stereocenters. The highest BCUT2D eigenvalue weighted by Gasteiger charge is 2.52. The summed E-state index contributed by atoms with van der Waals surface area (Å²) in [6.07, 6.45) is 0. The molecule has 0 aliphatic heterocycles. The van der Waals surface area contributed by atoms with Crippen molar-refractivity contribution in [2.75, 3.05) is 4.90 Å². The van der Waals surface area contributed by atoms with Gasteiger partial charge in [-0.15, -0.1) is 0 Å². The summed E-state index contributed by atoms with van der Waals surface area (Å²) < 4.78 is 0. The molecule has 0 saturated heterocycles. The molecule has 12 aromatic carbocycles. The minimum Gasteiger partial charge on any atom is -0.310 e. The first kappa shape index (κ1) is 36.9. The van der Waals surface area contributed by atoms with Crippen molar-refractivity contribution < 1.29 is 0 Å². The quantitative estimate of drug-likeness (QED) is 0.156. The Bertz CT molecular complexity index is 3870. The zero-order chi connectivity index (χ0) is 43.3. The van der Waals surface area contributed by atoms with Crippen molar-refractivity contribution in [1.29, 1.82) is 0 Å². The molecule has 2 aliphatic rings. The van der Waals surface area contributed by atoms with Gasteiger partial charge in [0.25, 0.3) is 0 Å². The molecule has 12 aromatic rings. The van der Waals surface area contributed by atoms with E-state index < -0.39 is 5.41 Å². The summed E-state index contributed by atoms with van der Waals surface area (Å²) in [4.78, 5) is 2.55. The molecular weight excluding hydrogens is 795 g/mol. The fourth-order valence-electron chi connectivity index (χ4n) is 11.8. The topological polar surface area (TPSA) is 3.24 Å². The average Bonchev–Trinajstić information content (AvgIpc) is 3.85. The number of nitrogens with zero attached hydrogens (tertiary/aromatic N) is 1. The first-order chi connectivity index (χ1) is 32.7. The number of rotatable bonds is 5. The zero-order valence-electron chi connectivity index (χ0n) is 36.1. The Kier molecular flexibility index (Phi) is 7.97. The molecule has 14 rings (SSSR count). The fourth-order valence-corrected chi connectivity index (χ4v) is 11.8. The van der Waals surface area contributed by atoms with E-state index in [1.165, 1.54) is 110 Å². The average molecular weight is 836 g/mol. The Morgan fingerprint density at radius 3 is 1.42 bits per heavy atom. The van der Waals surface area contributed by atoms with Crippen molar-refractivity contribution >= 4 is 60.2 Å². The highest BCUT2D eigenvalue weighted by atomic mass is 15.1. The van der Waals surface area contributed by atoms with E-state index in [9.17, 15) is 0 Å². The summed E-state index contributed by atoms with van der Waals surface area (Å²) in [5, 5.41) is 10.0. The number of hydrogen-bond acceptors (Lipinski definition) is 1. The van der Waals surface area contributed by atoms with Crippen molar-refractivity contribution in [2.24, 2.45) is 0 Å². The summed E-state index contributed by atoms with van der Waals surface area (Å²) >= 11 is 0. The van der Waals surface area contributed by atoms with Crippen LogP contribution in [0.3, 0.4) is 0 Å². The van der Waals surface area contributed by atoms with Crippen molar-refractivity contribution in [1.82, 2.24) is 0 Å². The van der Waals surface area contributed by atoms with Crippen molar-refractivity contribution in [3.05, 3.63) is 271 Å². The molecule has 0 aromatic heterocycles. The lowest BCUT2D eigenvalue weighted by Gasteiger charge is -2.33. The maximum atomic E-state index is 2.57. The van der Waals surface area contributed by atoms with Gasteiger partial charge in [-0.1, -0.05) is 206 Å². The largest absolute Gasteiger partial charge is 0.310 e. The number of hydrogen-bond donors (Lipinski definition) is 0. The van der Waals surface area contributed by atoms with Crippen LogP contribution in [0.2, 0.25) is 0 Å². The van der Waals surface area contributed by atoms with Gasteiger partial charge in [-0.25, -0.2) is 0 Å². The lowest BCUT2D eigenvalue weighted by Crippen LogP contribution is -2.26. The van der Waals surface area contributed by atoms with Gasteiger partial charge in [0.15, 0.2) is 0 Å². The van der Waals surface area contributed by atoms with E-state index in [0.29, 0.717) is 0 Å². The Hall–Kier alpha value is -8.52. The summed E-state index contributed by atoms with van der Waals surface area (Å²) in [6.45, 7) is 0. The smallest absolute Gasteiger partial charge is 0.0726 e. The van der Waals surface area contributed by atoms with Gasteiger partial charge in [0.1, 0.15) is 0 Å². The second-order valence-electron chi connectivity index (χ2n) is 17.9. The molecule has 1 heteroatoms. The summed E-state index contributed by atoms with van der Waals surface area (Å²) in [6, 6.07) is 93.0. The third kappa shape index (κ3) is 5.23. The van der Waals surface area contributed by atoms with E-state index in [-0.39, 0.29) is 0 Å². The minimum absolute atomic E-state index is 0.508. The number of anilines is 3. The maximum absolute atomic E-state index is 2.57. The van der Waals surface area contributed by atoms with Crippen LogP contribution in [0.25, 0.3) is 87.6 Å². The SMILES string of the molecule is c1ccc(-c2cccc(N(c3ccc4c5ccccc5c5ccccc5c4c3)c3cc4c(cc3-c3ccc5ccccc5c3)-c3ccccc3C43c4ccccc4-c4ccccc43)c2)cc1. The van der Waals surface area contributed by atoms with Crippen LogP contribution in [0.15, 0.2) is 249 Å². The normalized spacial score (nSPS) is 13.0. The van der Waals surface area contributed by atoms with E-state index in [2.05, 4.69) is 254 Å². The van der Waals surface area contributed by atoms with Crippen molar-refractivity contribution in [3.8, 4) is 44.5 Å². The highest BCUT2D eigenvalue weighted by Crippen LogP contribution is 2.64. The summed E-state index contributed by atoms with van der Waals surface area (Å²) in [5.41, 5.74) is 18.0. The van der Waals surface area contributed by atoms with Gasteiger partial charge in [-0.2, -0.15) is 0 Å². The van der Waals surface area contributed by atoms with Gasteiger partial charge >= 0.3 is 0 Å². The van der Waals surface area contributed by atoms with E-state index in [1.54, 1.807) is 0 Å². The Morgan fingerprint density at radius 2 is 0.758 bits per heavy atom. The van der Waals surface area contributed by atoms with Gasteiger partial charge in [0.05, 0.1) is 11.1 Å². The zero-order valence-corrected chi connectivity index (χ0v) is 36.1. The van der Waals surface area contributed by atoms with Crippen LogP contribution in [0.4, 0.5) is 17.1 Å². The third-order valence-corrected chi connectivity index (χ3v) is 14.6. The lowest BCUT2D eigenvalue weighted by molar-refractivity contribution is 0.794. The molecule has 0 radical (unpaired) electrons. The Labute approximate surface area is 384 Å². The number of fused-ring (bicyclic) bond motifs is 17. The van der Waals surface area contributed by atoms with Crippen molar-refractivity contribution in [2.45, 2.75) is 5.41 Å². The van der Waals surface area contributed by atoms with Crippen LogP contribution in [-0.2, 0) is 5.41 Å². The highest BCUT2D eigenvalue weighted by molar-refractivity contribution is 6.26. The molecular formula is C65H41N. The molecule has 0 N–H and O–H groups in total. The summed E-state index contributed by atoms with van der Waals surface area (Å²) in [5.74, 6) is 0. The van der Waals surface area contributed by atoms with Gasteiger partial charge in [-0.3, -0.25) is 0 Å². The molecule has 1 nitrogen and oxygen atoms in total. The first-order valence-corrected chi connectivity index (χ1v) is 23.0. The Balaban J connectivity index is 1.13. The van der Waals surface area contributed by atoms with Crippen LogP contribution < -0.4 is 4.90 Å². The van der Waals surface area contributed by atoms with Crippen LogP contribution in [0, 0.1) is 0 Å². The van der Waals surface area contributed by atoms with Gasteiger partial charge in [0, 0.05) is 16.9 Å². The van der Waals surface area contributed by atoms with Crippen LogP contribution in [0.5, 0.6) is 0 Å². The minimum atomic E-state index is -0.508. The van der Waals surface area contributed by atoms with Crippen LogP contribution in [-0.4, -0.2) is 0 Å². The van der Waals surface area contributed by atoms with E-state index in [1.807, 2.05) is 0 Å². The maximum Gasteiger partial charge on any atom is 0.0726 e. The fraction of sp³-hybridized carbons (Fsp3) is 0.0154. The first-order valence-electron chi connectivity index (χ1n) is 23.0. The molecule has 0 atom stereocenters. The third-order valence-electron chi connectivity index (χ3n) is 14.6. The second kappa shape index (κ2) is 14.2. The molecule has 2 aliphatic carbocycles. The molecule has 0 saturated carbocycles. The molecule has 1 spiro atoms. The van der Waals surface area contributed by atoms with E-state index in [0.717, 1.165) is 17.1 Å². The standard InChI is InChI=1S/C65H41N/c1-2-17-42(18-3-1)45-21-16-22-47(38-45)66(48-35-36-53-51-25-7-6-23-49(51)50-24-8-9-26-52(50)58(53)39-48)64-41-63-59(40-57(64)46-34-33-43-19-4-5-20-44(43)37-46)56-29-12-15-32-62(56)65(63)60-30-13-10-27-54(60)55-28-11-14-31-61(55)65/h1-41H. The van der Waals surface area contributed by atoms with E-state index >= 15 is 0 Å². The lowest BCUT2D eigenvalue weighted by atomic mass is 9.70.